The molecule has 0 bridgehead atoms. The van der Waals surface area contributed by atoms with Crippen molar-refractivity contribution in [3.63, 3.8) is 0 Å². The van der Waals surface area contributed by atoms with E-state index in [4.69, 9.17) is 4.74 Å². The third-order valence-corrected chi connectivity index (χ3v) is 5.27. The molecule has 1 heteroatoms. The van der Waals surface area contributed by atoms with Crippen molar-refractivity contribution in [3.8, 4) is 0 Å². The summed E-state index contributed by atoms with van der Waals surface area (Å²) in [6.07, 6.45) is 14.1. The maximum Gasteiger partial charge on any atom is 0.0939 e. The molecule has 0 saturated heterocycles. The van der Waals surface area contributed by atoms with E-state index in [0.717, 1.165) is 17.6 Å². The second-order valence-corrected chi connectivity index (χ2v) is 7.44. The molecule has 1 atom stereocenters. The van der Waals surface area contributed by atoms with Gasteiger partial charge in [0.1, 0.15) is 0 Å². The van der Waals surface area contributed by atoms with Gasteiger partial charge in [-0.15, -0.1) is 0 Å². The molecule has 0 unspecified atom stereocenters. The normalized spacial score (nSPS) is 18.8. The van der Waals surface area contributed by atoms with E-state index in [0.29, 0.717) is 0 Å². The molecule has 0 N–H and O–H groups in total. The lowest BCUT2D eigenvalue weighted by Crippen LogP contribution is -2.19. The van der Waals surface area contributed by atoms with E-state index in [-0.39, 0.29) is 5.41 Å². The highest BCUT2D eigenvalue weighted by Crippen LogP contribution is 2.37. The quantitative estimate of drug-likeness (QED) is 0.448. The summed E-state index contributed by atoms with van der Waals surface area (Å²) in [7, 11) is 1.75. The van der Waals surface area contributed by atoms with Crippen LogP contribution in [0.3, 0.4) is 0 Å². The first-order chi connectivity index (χ1) is 9.49. The first-order valence-electron chi connectivity index (χ1n) is 8.73. The maximum atomic E-state index is 5.36. The highest BCUT2D eigenvalue weighted by atomic mass is 16.5. The molecule has 0 aromatic carbocycles. The Morgan fingerprint density at radius 3 is 2.40 bits per heavy atom. The molecular weight excluding hydrogens is 244 g/mol. The van der Waals surface area contributed by atoms with Gasteiger partial charge in [0.05, 0.1) is 12.9 Å². The van der Waals surface area contributed by atoms with Crippen molar-refractivity contribution in [1.29, 1.82) is 0 Å². The Kier molecular flexibility index (Phi) is 7.69. The molecule has 0 aromatic heterocycles. The Hall–Kier alpha value is -0.460. The van der Waals surface area contributed by atoms with Crippen LogP contribution < -0.4 is 0 Å². The van der Waals surface area contributed by atoms with Crippen LogP contribution in [-0.4, -0.2) is 7.11 Å². The van der Waals surface area contributed by atoms with E-state index in [1.165, 1.54) is 64.2 Å². The predicted octanol–water partition coefficient (Wildman–Crippen LogP) is 6.34. The van der Waals surface area contributed by atoms with Gasteiger partial charge in [0.2, 0.25) is 0 Å². The molecule has 0 aliphatic heterocycles. The lowest BCUT2D eigenvalue weighted by Gasteiger charge is -2.30. The summed E-state index contributed by atoms with van der Waals surface area (Å²) in [4.78, 5) is 0. The summed E-state index contributed by atoms with van der Waals surface area (Å²) in [6, 6.07) is 0. The van der Waals surface area contributed by atoms with Crippen molar-refractivity contribution in [2.45, 2.75) is 85.0 Å². The van der Waals surface area contributed by atoms with E-state index >= 15 is 0 Å². The predicted molar refractivity (Wildman–Crippen MR) is 88.8 cm³/mol. The van der Waals surface area contributed by atoms with E-state index < -0.39 is 0 Å². The Balaban J connectivity index is 2.43. The van der Waals surface area contributed by atoms with Crippen LogP contribution in [-0.2, 0) is 4.74 Å². The van der Waals surface area contributed by atoms with Crippen molar-refractivity contribution in [1.82, 2.24) is 0 Å². The SMILES string of the molecule is C=C(OC)C(C)(C)CC[C@H](CCC)CC1CCCCC1. The fourth-order valence-corrected chi connectivity index (χ4v) is 3.66. The Labute approximate surface area is 127 Å². The average molecular weight is 280 g/mol. The fraction of sp³-hybridized carbons (Fsp3) is 0.895. The molecule has 0 spiro atoms. The highest BCUT2D eigenvalue weighted by Gasteiger charge is 2.25. The molecule has 1 saturated carbocycles. The third kappa shape index (κ3) is 5.89. The molecular formula is C19H36O. The molecule has 1 aliphatic carbocycles. The average Bonchev–Trinajstić information content (AvgIpc) is 2.45. The van der Waals surface area contributed by atoms with Crippen molar-refractivity contribution < 1.29 is 4.74 Å². The summed E-state index contributed by atoms with van der Waals surface area (Å²) in [5, 5.41) is 0. The maximum absolute atomic E-state index is 5.36. The van der Waals surface area contributed by atoms with Crippen LogP contribution in [0.25, 0.3) is 0 Å². The number of rotatable bonds is 9. The minimum absolute atomic E-state index is 0.118. The third-order valence-electron chi connectivity index (χ3n) is 5.27. The Morgan fingerprint density at radius 2 is 1.85 bits per heavy atom. The second kappa shape index (κ2) is 8.74. The van der Waals surface area contributed by atoms with E-state index in [2.05, 4.69) is 27.4 Å². The molecule has 0 amide bonds. The van der Waals surface area contributed by atoms with Gasteiger partial charge in [-0.2, -0.15) is 0 Å². The zero-order chi connectivity index (χ0) is 15.0. The van der Waals surface area contributed by atoms with Crippen LogP contribution in [0.2, 0.25) is 0 Å². The van der Waals surface area contributed by atoms with Crippen LogP contribution in [0.4, 0.5) is 0 Å². The van der Waals surface area contributed by atoms with Gasteiger partial charge in [-0.25, -0.2) is 0 Å². The lowest BCUT2D eigenvalue weighted by atomic mass is 9.77. The largest absolute Gasteiger partial charge is 0.501 e. The van der Waals surface area contributed by atoms with Gasteiger partial charge in [0, 0.05) is 5.41 Å². The first kappa shape index (κ1) is 17.6. The van der Waals surface area contributed by atoms with Crippen LogP contribution in [0.1, 0.15) is 85.0 Å². The van der Waals surface area contributed by atoms with Gasteiger partial charge < -0.3 is 4.74 Å². The number of allylic oxidation sites excluding steroid dienone is 1. The lowest BCUT2D eigenvalue weighted by molar-refractivity contribution is 0.171. The topological polar surface area (TPSA) is 9.23 Å². The van der Waals surface area contributed by atoms with Crippen molar-refractivity contribution >= 4 is 0 Å². The number of hydrogen-bond donors (Lipinski definition) is 0. The van der Waals surface area contributed by atoms with Gasteiger partial charge in [0.15, 0.2) is 0 Å². The minimum atomic E-state index is 0.118. The number of ether oxygens (including phenoxy) is 1. The monoisotopic (exact) mass is 280 g/mol. The molecule has 0 radical (unpaired) electrons. The smallest absolute Gasteiger partial charge is 0.0939 e. The molecule has 1 rings (SSSR count). The zero-order valence-corrected chi connectivity index (χ0v) is 14.3. The molecule has 1 nitrogen and oxygen atoms in total. The Bertz CT molecular complexity index is 273. The first-order valence-corrected chi connectivity index (χ1v) is 8.73. The molecule has 20 heavy (non-hydrogen) atoms. The van der Waals surface area contributed by atoms with Gasteiger partial charge in [-0.1, -0.05) is 72.3 Å². The number of hydrogen-bond acceptors (Lipinski definition) is 1. The van der Waals surface area contributed by atoms with Crippen LogP contribution in [0.5, 0.6) is 0 Å². The summed E-state index contributed by atoms with van der Waals surface area (Å²) >= 11 is 0. The number of methoxy groups -OCH3 is 1. The van der Waals surface area contributed by atoms with Crippen molar-refractivity contribution in [2.24, 2.45) is 17.3 Å². The summed E-state index contributed by atoms with van der Waals surface area (Å²) < 4.78 is 5.36. The van der Waals surface area contributed by atoms with E-state index in [9.17, 15) is 0 Å². The van der Waals surface area contributed by atoms with Gasteiger partial charge >= 0.3 is 0 Å². The minimum Gasteiger partial charge on any atom is -0.501 e. The molecule has 118 valence electrons. The van der Waals surface area contributed by atoms with Crippen LogP contribution >= 0.6 is 0 Å². The van der Waals surface area contributed by atoms with Crippen molar-refractivity contribution in [3.05, 3.63) is 12.3 Å². The fourth-order valence-electron chi connectivity index (χ4n) is 3.66. The van der Waals surface area contributed by atoms with Gasteiger partial charge in [-0.05, 0) is 31.1 Å². The van der Waals surface area contributed by atoms with Crippen LogP contribution in [0, 0.1) is 17.3 Å². The van der Waals surface area contributed by atoms with Crippen LogP contribution in [0.15, 0.2) is 12.3 Å². The van der Waals surface area contributed by atoms with Gasteiger partial charge in [-0.3, -0.25) is 0 Å². The molecule has 1 fully saturated rings. The standard InChI is InChI=1S/C19H36O/c1-6-10-17(15-18-11-8-7-9-12-18)13-14-19(3,4)16(2)20-5/h17-18H,2,6-15H2,1,3-5H3/t17-/m0/s1. The van der Waals surface area contributed by atoms with Crippen molar-refractivity contribution in [2.75, 3.05) is 7.11 Å². The Morgan fingerprint density at radius 1 is 1.20 bits per heavy atom. The highest BCUT2D eigenvalue weighted by molar-refractivity contribution is 4.98. The van der Waals surface area contributed by atoms with E-state index in [1.807, 2.05) is 0 Å². The van der Waals surface area contributed by atoms with Gasteiger partial charge in [0.25, 0.3) is 0 Å². The molecule has 1 aliphatic rings. The van der Waals surface area contributed by atoms with E-state index in [1.54, 1.807) is 7.11 Å². The summed E-state index contributed by atoms with van der Waals surface area (Å²) in [6.45, 7) is 10.9. The molecule has 0 aromatic rings. The molecule has 0 heterocycles. The summed E-state index contributed by atoms with van der Waals surface area (Å²) in [5.74, 6) is 2.85. The zero-order valence-electron chi connectivity index (χ0n) is 14.3. The summed E-state index contributed by atoms with van der Waals surface area (Å²) in [5.41, 5.74) is 0.118. The second-order valence-electron chi connectivity index (χ2n) is 7.44.